The fourth-order valence-corrected chi connectivity index (χ4v) is 3.05. The summed E-state index contributed by atoms with van der Waals surface area (Å²) in [6.45, 7) is 0. The van der Waals surface area contributed by atoms with Gasteiger partial charge in [-0.3, -0.25) is 9.20 Å². The molecule has 6 heteroatoms. The SMILES string of the molecule is O=C(NC1CCCC1)c1ccc(-c2nnc3ncccn23)cc1. The monoisotopic (exact) mass is 307 g/mol. The Labute approximate surface area is 133 Å². The van der Waals surface area contributed by atoms with Crippen LogP contribution in [0.15, 0.2) is 42.7 Å². The molecule has 1 aromatic carbocycles. The number of carbonyl (C=O) groups excluding carboxylic acids is 1. The first-order valence-corrected chi connectivity index (χ1v) is 7.88. The summed E-state index contributed by atoms with van der Waals surface area (Å²) >= 11 is 0. The Morgan fingerprint density at radius 3 is 2.70 bits per heavy atom. The van der Waals surface area contributed by atoms with Crippen molar-refractivity contribution in [3.05, 3.63) is 48.3 Å². The molecule has 1 saturated carbocycles. The number of rotatable bonds is 3. The fraction of sp³-hybridized carbons (Fsp3) is 0.294. The number of hydrogen-bond donors (Lipinski definition) is 1. The maximum Gasteiger partial charge on any atom is 0.255 e. The van der Waals surface area contributed by atoms with Gasteiger partial charge < -0.3 is 5.32 Å². The highest BCUT2D eigenvalue weighted by atomic mass is 16.1. The highest BCUT2D eigenvalue weighted by molar-refractivity contribution is 5.94. The van der Waals surface area contributed by atoms with Gasteiger partial charge in [-0.25, -0.2) is 4.98 Å². The molecular weight excluding hydrogens is 290 g/mol. The van der Waals surface area contributed by atoms with E-state index >= 15 is 0 Å². The average Bonchev–Trinajstić information content (AvgIpc) is 3.24. The van der Waals surface area contributed by atoms with Crippen molar-refractivity contribution < 1.29 is 4.79 Å². The molecule has 2 aromatic heterocycles. The highest BCUT2D eigenvalue weighted by Crippen LogP contribution is 2.20. The normalized spacial score (nSPS) is 15.1. The molecule has 116 valence electrons. The summed E-state index contributed by atoms with van der Waals surface area (Å²) in [4.78, 5) is 16.4. The maximum atomic E-state index is 12.3. The van der Waals surface area contributed by atoms with E-state index in [0.29, 0.717) is 17.4 Å². The van der Waals surface area contributed by atoms with Gasteiger partial charge in [0.1, 0.15) is 0 Å². The van der Waals surface area contributed by atoms with E-state index in [4.69, 9.17) is 0 Å². The Bertz CT molecular complexity index is 834. The van der Waals surface area contributed by atoms with Crippen LogP contribution in [0.3, 0.4) is 0 Å². The topological polar surface area (TPSA) is 72.2 Å². The van der Waals surface area contributed by atoms with Crippen LogP contribution >= 0.6 is 0 Å². The van der Waals surface area contributed by atoms with Gasteiger partial charge in [0.05, 0.1) is 0 Å². The summed E-state index contributed by atoms with van der Waals surface area (Å²) in [6.07, 6.45) is 8.14. The molecule has 0 spiro atoms. The minimum Gasteiger partial charge on any atom is -0.349 e. The van der Waals surface area contributed by atoms with Crippen LogP contribution in [0.1, 0.15) is 36.0 Å². The van der Waals surface area contributed by atoms with E-state index in [1.807, 2.05) is 40.9 Å². The summed E-state index contributed by atoms with van der Waals surface area (Å²) in [5.74, 6) is 1.28. The molecule has 1 N–H and O–H groups in total. The predicted molar refractivity (Wildman–Crippen MR) is 85.9 cm³/mol. The lowest BCUT2D eigenvalue weighted by molar-refractivity contribution is 0.0938. The third-order valence-electron chi connectivity index (χ3n) is 4.28. The van der Waals surface area contributed by atoms with Crippen LogP contribution in [0.25, 0.3) is 17.2 Å². The standard InChI is InChI=1S/C17H17N5O/c23-16(19-14-4-1-2-5-14)13-8-6-12(7-9-13)15-20-21-17-18-10-3-11-22(15)17/h3,6-11,14H,1-2,4-5H2,(H,19,23). The van der Waals surface area contributed by atoms with E-state index in [1.165, 1.54) is 12.8 Å². The molecule has 3 aromatic rings. The zero-order chi connectivity index (χ0) is 15.6. The zero-order valence-corrected chi connectivity index (χ0v) is 12.6. The minimum atomic E-state index is -0.00350. The van der Waals surface area contributed by atoms with Gasteiger partial charge in [0, 0.05) is 29.6 Å². The molecule has 2 heterocycles. The molecule has 1 aliphatic carbocycles. The molecule has 0 aliphatic heterocycles. The van der Waals surface area contributed by atoms with Gasteiger partial charge in [0.15, 0.2) is 5.82 Å². The zero-order valence-electron chi connectivity index (χ0n) is 12.6. The van der Waals surface area contributed by atoms with Gasteiger partial charge in [-0.2, -0.15) is 0 Å². The second-order valence-corrected chi connectivity index (χ2v) is 5.85. The molecule has 0 radical (unpaired) electrons. The first kappa shape index (κ1) is 13.9. The van der Waals surface area contributed by atoms with Crippen molar-refractivity contribution in [2.45, 2.75) is 31.7 Å². The van der Waals surface area contributed by atoms with Crippen molar-refractivity contribution in [1.82, 2.24) is 24.9 Å². The third-order valence-corrected chi connectivity index (χ3v) is 4.28. The van der Waals surface area contributed by atoms with Crippen LogP contribution in [0.2, 0.25) is 0 Å². The largest absolute Gasteiger partial charge is 0.349 e. The molecule has 23 heavy (non-hydrogen) atoms. The van der Waals surface area contributed by atoms with Crippen molar-refractivity contribution in [3.8, 4) is 11.4 Å². The van der Waals surface area contributed by atoms with Crippen molar-refractivity contribution in [2.24, 2.45) is 0 Å². The van der Waals surface area contributed by atoms with Gasteiger partial charge in [-0.05, 0) is 31.0 Å². The Hall–Kier alpha value is -2.76. The summed E-state index contributed by atoms with van der Waals surface area (Å²) in [7, 11) is 0. The summed E-state index contributed by atoms with van der Waals surface area (Å²) < 4.78 is 1.83. The van der Waals surface area contributed by atoms with E-state index in [2.05, 4.69) is 20.5 Å². The molecule has 1 amide bonds. The van der Waals surface area contributed by atoms with Crippen LogP contribution < -0.4 is 5.32 Å². The van der Waals surface area contributed by atoms with Crippen LogP contribution in [-0.2, 0) is 0 Å². The molecule has 1 fully saturated rings. The number of hydrogen-bond acceptors (Lipinski definition) is 4. The fourth-order valence-electron chi connectivity index (χ4n) is 3.05. The molecule has 4 rings (SSSR count). The summed E-state index contributed by atoms with van der Waals surface area (Å²) in [6, 6.07) is 9.62. The quantitative estimate of drug-likeness (QED) is 0.807. The summed E-state index contributed by atoms with van der Waals surface area (Å²) in [5.41, 5.74) is 1.58. The number of amides is 1. The molecule has 1 aliphatic rings. The molecule has 0 atom stereocenters. The third kappa shape index (κ3) is 2.67. The van der Waals surface area contributed by atoms with E-state index in [1.54, 1.807) is 6.20 Å². The van der Waals surface area contributed by atoms with Crippen molar-refractivity contribution in [2.75, 3.05) is 0 Å². The first-order chi connectivity index (χ1) is 11.3. The van der Waals surface area contributed by atoms with Gasteiger partial charge in [-0.1, -0.05) is 25.0 Å². The van der Waals surface area contributed by atoms with E-state index in [9.17, 15) is 4.79 Å². The van der Waals surface area contributed by atoms with Crippen molar-refractivity contribution in [1.29, 1.82) is 0 Å². The van der Waals surface area contributed by atoms with Crippen LogP contribution in [0, 0.1) is 0 Å². The first-order valence-electron chi connectivity index (χ1n) is 7.88. The predicted octanol–water partition coefficient (Wildman–Crippen LogP) is 2.46. The second-order valence-electron chi connectivity index (χ2n) is 5.85. The Kier molecular flexibility index (Phi) is 3.49. The molecule has 0 unspecified atom stereocenters. The lowest BCUT2D eigenvalue weighted by Gasteiger charge is -2.11. The number of carbonyl (C=O) groups is 1. The van der Waals surface area contributed by atoms with Gasteiger partial charge in [-0.15, -0.1) is 10.2 Å². The lowest BCUT2D eigenvalue weighted by Crippen LogP contribution is -2.32. The Morgan fingerprint density at radius 2 is 1.91 bits per heavy atom. The van der Waals surface area contributed by atoms with E-state index in [-0.39, 0.29) is 5.91 Å². The smallest absolute Gasteiger partial charge is 0.255 e. The van der Waals surface area contributed by atoms with Gasteiger partial charge >= 0.3 is 0 Å². The Balaban J connectivity index is 1.56. The van der Waals surface area contributed by atoms with Crippen LogP contribution in [-0.4, -0.2) is 31.5 Å². The van der Waals surface area contributed by atoms with Gasteiger partial charge in [0.2, 0.25) is 0 Å². The Morgan fingerprint density at radius 1 is 1.13 bits per heavy atom. The molecule has 0 saturated heterocycles. The lowest BCUT2D eigenvalue weighted by atomic mass is 10.1. The average molecular weight is 307 g/mol. The minimum absolute atomic E-state index is 0.00350. The second kappa shape index (κ2) is 5.79. The molecule has 0 bridgehead atoms. The number of fused-ring (bicyclic) bond motifs is 1. The summed E-state index contributed by atoms with van der Waals surface area (Å²) in [5, 5.41) is 11.3. The maximum absolute atomic E-state index is 12.3. The van der Waals surface area contributed by atoms with E-state index < -0.39 is 0 Å². The van der Waals surface area contributed by atoms with Crippen LogP contribution in [0.4, 0.5) is 0 Å². The number of nitrogens with one attached hydrogen (secondary N) is 1. The number of aromatic nitrogens is 4. The van der Waals surface area contributed by atoms with Gasteiger partial charge in [0.25, 0.3) is 11.7 Å². The number of benzene rings is 1. The molecule has 6 nitrogen and oxygen atoms in total. The molecular formula is C17H17N5O. The highest BCUT2D eigenvalue weighted by Gasteiger charge is 2.18. The van der Waals surface area contributed by atoms with Crippen LogP contribution in [0.5, 0.6) is 0 Å². The van der Waals surface area contributed by atoms with E-state index in [0.717, 1.165) is 24.2 Å². The number of nitrogens with zero attached hydrogens (tertiary/aromatic N) is 4. The van der Waals surface area contributed by atoms with Crippen molar-refractivity contribution >= 4 is 11.7 Å². The van der Waals surface area contributed by atoms with Crippen molar-refractivity contribution in [3.63, 3.8) is 0 Å².